The first-order valence-corrected chi connectivity index (χ1v) is 5.28. The fourth-order valence-electron chi connectivity index (χ4n) is 1.91. The molecule has 4 nitrogen and oxygen atoms in total. The van der Waals surface area contributed by atoms with Gasteiger partial charge in [-0.2, -0.15) is 0 Å². The number of nitrogens with one attached hydrogen (secondary N) is 1. The van der Waals surface area contributed by atoms with E-state index >= 15 is 0 Å². The molecule has 4 heteroatoms. The van der Waals surface area contributed by atoms with Gasteiger partial charge in [0.25, 0.3) is 0 Å². The molecular weight excluding hydrogens is 178 g/mol. The van der Waals surface area contributed by atoms with Gasteiger partial charge in [0.15, 0.2) is 0 Å². The molecule has 0 aromatic rings. The second-order valence-electron chi connectivity index (χ2n) is 4.40. The normalized spacial score (nSPS) is 30.9. The molecule has 2 atom stereocenters. The lowest BCUT2D eigenvalue weighted by atomic mass is 9.98. The van der Waals surface area contributed by atoms with Gasteiger partial charge in [0, 0.05) is 32.3 Å². The molecule has 1 fully saturated rings. The van der Waals surface area contributed by atoms with Gasteiger partial charge >= 0.3 is 0 Å². The van der Waals surface area contributed by atoms with Crippen molar-refractivity contribution in [3.8, 4) is 0 Å². The van der Waals surface area contributed by atoms with E-state index in [0.29, 0.717) is 6.54 Å². The summed E-state index contributed by atoms with van der Waals surface area (Å²) < 4.78 is 5.21. The van der Waals surface area contributed by atoms with Crippen LogP contribution in [0.25, 0.3) is 0 Å². The number of rotatable bonds is 5. The summed E-state index contributed by atoms with van der Waals surface area (Å²) in [5.41, 5.74) is 5.94. The van der Waals surface area contributed by atoms with Crippen molar-refractivity contribution in [2.75, 3.05) is 40.3 Å². The Hall–Kier alpha value is -0.160. The van der Waals surface area contributed by atoms with Crippen LogP contribution in [0.15, 0.2) is 0 Å². The largest absolute Gasteiger partial charge is 0.380 e. The van der Waals surface area contributed by atoms with Crippen molar-refractivity contribution in [1.82, 2.24) is 10.2 Å². The van der Waals surface area contributed by atoms with Crippen LogP contribution in [0.2, 0.25) is 0 Å². The highest BCUT2D eigenvalue weighted by atomic mass is 16.5. The van der Waals surface area contributed by atoms with Crippen molar-refractivity contribution in [3.05, 3.63) is 0 Å². The average molecular weight is 201 g/mol. The summed E-state index contributed by atoms with van der Waals surface area (Å²) in [6.07, 6.45) is 1.39. The van der Waals surface area contributed by atoms with Crippen molar-refractivity contribution in [3.63, 3.8) is 0 Å². The van der Waals surface area contributed by atoms with E-state index in [0.717, 1.165) is 26.1 Å². The van der Waals surface area contributed by atoms with Crippen LogP contribution in [0, 0.1) is 0 Å². The maximum absolute atomic E-state index is 5.83. The molecule has 2 unspecified atom stereocenters. The lowest BCUT2D eigenvalue weighted by Crippen LogP contribution is -2.54. The molecule has 0 saturated carbocycles. The Balaban J connectivity index is 2.38. The van der Waals surface area contributed by atoms with Crippen molar-refractivity contribution >= 4 is 0 Å². The number of nitrogens with zero attached hydrogens (tertiary/aromatic N) is 1. The minimum atomic E-state index is 0.113. The first-order chi connectivity index (χ1) is 6.62. The second kappa shape index (κ2) is 5.07. The average Bonchev–Trinajstić information content (AvgIpc) is 2.57. The fourth-order valence-corrected chi connectivity index (χ4v) is 1.91. The van der Waals surface area contributed by atoms with E-state index in [1.165, 1.54) is 0 Å². The van der Waals surface area contributed by atoms with Crippen LogP contribution < -0.4 is 11.1 Å². The molecule has 1 aliphatic heterocycles. The maximum atomic E-state index is 5.83. The summed E-state index contributed by atoms with van der Waals surface area (Å²) in [5.74, 6) is 0. The van der Waals surface area contributed by atoms with Crippen LogP contribution in [0.4, 0.5) is 0 Å². The van der Waals surface area contributed by atoms with Crippen molar-refractivity contribution in [2.45, 2.75) is 25.0 Å². The number of nitrogens with two attached hydrogens (primary N) is 1. The van der Waals surface area contributed by atoms with Crippen LogP contribution >= 0.6 is 0 Å². The standard InChI is InChI=1S/C10H23N3O/c1-9(14-3)6-12-10(7-11)4-5-13(2)8-10/h9,12H,4-8,11H2,1-3H3. The highest BCUT2D eigenvalue weighted by Gasteiger charge is 2.34. The van der Waals surface area contributed by atoms with E-state index < -0.39 is 0 Å². The van der Waals surface area contributed by atoms with Gasteiger partial charge in [0.05, 0.1) is 6.10 Å². The van der Waals surface area contributed by atoms with Crippen molar-refractivity contribution in [1.29, 1.82) is 0 Å². The summed E-state index contributed by atoms with van der Waals surface area (Å²) in [6, 6.07) is 0. The number of hydrogen-bond donors (Lipinski definition) is 2. The van der Waals surface area contributed by atoms with Crippen LogP contribution in [0.5, 0.6) is 0 Å². The van der Waals surface area contributed by atoms with Gasteiger partial charge < -0.3 is 20.7 Å². The fraction of sp³-hybridized carbons (Fsp3) is 1.00. The van der Waals surface area contributed by atoms with Crippen LogP contribution in [-0.4, -0.2) is 56.9 Å². The zero-order valence-corrected chi connectivity index (χ0v) is 9.55. The quantitative estimate of drug-likeness (QED) is 0.638. The molecule has 1 rings (SSSR count). The van der Waals surface area contributed by atoms with Crippen LogP contribution in [0.1, 0.15) is 13.3 Å². The molecule has 0 radical (unpaired) electrons. The lowest BCUT2D eigenvalue weighted by molar-refractivity contribution is 0.107. The summed E-state index contributed by atoms with van der Waals surface area (Å²) >= 11 is 0. The Labute approximate surface area is 86.8 Å². The molecule has 1 aliphatic rings. The van der Waals surface area contributed by atoms with E-state index in [1.54, 1.807) is 7.11 Å². The predicted molar refractivity (Wildman–Crippen MR) is 58.4 cm³/mol. The topological polar surface area (TPSA) is 50.5 Å². The maximum Gasteiger partial charge on any atom is 0.0667 e. The lowest BCUT2D eigenvalue weighted by Gasteiger charge is -2.30. The Morgan fingerprint density at radius 1 is 1.64 bits per heavy atom. The minimum absolute atomic E-state index is 0.113. The molecule has 1 saturated heterocycles. The van der Waals surface area contributed by atoms with E-state index in [9.17, 15) is 0 Å². The van der Waals surface area contributed by atoms with Gasteiger partial charge in [-0.3, -0.25) is 0 Å². The van der Waals surface area contributed by atoms with Crippen molar-refractivity contribution in [2.24, 2.45) is 5.73 Å². The first-order valence-electron chi connectivity index (χ1n) is 5.28. The zero-order valence-electron chi connectivity index (χ0n) is 9.55. The molecule has 1 heterocycles. The van der Waals surface area contributed by atoms with Gasteiger partial charge in [-0.15, -0.1) is 0 Å². The third-order valence-electron chi connectivity index (χ3n) is 3.10. The molecule has 0 aliphatic carbocycles. The first kappa shape index (κ1) is 11.9. The van der Waals surface area contributed by atoms with Gasteiger partial charge in [-0.1, -0.05) is 0 Å². The predicted octanol–water partition coefficient (Wildman–Crippen LogP) is -0.356. The molecular formula is C10H23N3O. The Kier molecular flexibility index (Phi) is 4.31. The Bertz CT molecular complexity index is 177. The third-order valence-corrected chi connectivity index (χ3v) is 3.10. The van der Waals surface area contributed by atoms with E-state index in [-0.39, 0.29) is 11.6 Å². The number of methoxy groups -OCH3 is 1. The molecule has 84 valence electrons. The summed E-state index contributed by atoms with van der Waals surface area (Å²) in [5, 5.41) is 3.53. The van der Waals surface area contributed by atoms with E-state index in [2.05, 4.69) is 24.2 Å². The molecule has 0 amide bonds. The SMILES string of the molecule is COC(C)CNC1(CN)CCN(C)C1. The Morgan fingerprint density at radius 2 is 2.36 bits per heavy atom. The molecule has 0 spiro atoms. The number of ether oxygens (including phenoxy) is 1. The third kappa shape index (κ3) is 2.92. The number of hydrogen-bond acceptors (Lipinski definition) is 4. The monoisotopic (exact) mass is 201 g/mol. The molecule has 0 aromatic heterocycles. The molecule has 0 aromatic carbocycles. The smallest absolute Gasteiger partial charge is 0.0667 e. The van der Waals surface area contributed by atoms with Crippen molar-refractivity contribution < 1.29 is 4.74 Å². The molecule has 14 heavy (non-hydrogen) atoms. The van der Waals surface area contributed by atoms with Crippen LogP contribution in [0.3, 0.4) is 0 Å². The highest BCUT2D eigenvalue weighted by Crippen LogP contribution is 2.18. The van der Waals surface area contributed by atoms with Crippen LogP contribution in [-0.2, 0) is 4.74 Å². The molecule has 3 N–H and O–H groups in total. The molecule has 0 bridgehead atoms. The Morgan fingerprint density at radius 3 is 2.79 bits per heavy atom. The second-order valence-corrected chi connectivity index (χ2v) is 4.40. The number of likely N-dealkylation sites (tertiary alicyclic amines) is 1. The summed E-state index contributed by atoms with van der Waals surface area (Å²) in [7, 11) is 3.88. The van der Waals surface area contributed by atoms with Gasteiger partial charge in [0.2, 0.25) is 0 Å². The summed E-state index contributed by atoms with van der Waals surface area (Å²) in [6.45, 7) is 5.82. The summed E-state index contributed by atoms with van der Waals surface area (Å²) in [4.78, 5) is 2.32. The minimum Gasteiger partial charge on any atom is -0.380 e. The van der Waals surface area contributed by atoms with Gasteiger partial charge in [0.1, 0.15) is 0 Å². The zero-order chi connectivity index (χ0) is 10.6. The van der Waals surface area contributed by atoms with Gasteiger partial charge in [-0.25, -0.2) is 0 Å². The van der Waals surface area contributed by atoms with E-state index in [4.69, 9.17) is 10.5 Å². The number of likely N-dealkylation sites (N-methyl/N-ethyl adjacent to an activating group) is 1. The van der Waals surface area contributed by atoms with E-state index in [1.807, 2.05) is 0 Å². The van der Waals surface area contributed by atoms with Gasteiger partial charge in [-0.05, 0) is 26.9 Å². The highest BCUT2D eigenvalue weighted by molar-refractivity contribution is 4.97.